The van der Waals surface area contributed by atoms with Gasteiger partial charge in [0.1, 0.15) is 0 Å². The van der Waals surface area contributed by atoms with Gasteiger partial charge in [-0.25, -0.2) is 4.68 Å². The van der Waals surface area contributed by atoms with Gasteiger partial charge in [-0.1, -0.05) is 69.4 Å². The van der Waals surface area contributed by atoms with Crippen LogP contribution in [0.25, 0.3) is 5.69 Å². The van der Waals surface area contributed by atoms with Gasteiger partial charge in [-0.15, -0.1) is 5.10 Å². The van der Waals surface area contributed by atoms with Gasteiger partial charge in [0.2, 0.25) is 0 Å². The molecule has 0 fully saturated rings. The van der Waals surface area contributed by atoms with Gasteiger partial charge in [0.05, 0.1) is 5.69 Å². The van der Waals surface area contributed by atoms with Crippen molar-refractivity contribution >= 4 is 51.2 Å². The summed E-state index contributed by atoms with van der Waals surface area (Å²) in [5, 5.41) is 4.60. The predicted molar refractivity (Wildman–Crippen MR) is 96.0 cm³/mol. The Bertz CT molecular complexity index is 796. The molecule has 0 N–H and O–H groups in total. The van der Waals surface area contributed by atoms with E-state index in [0.29, 0.717) is 0 Å². The Morgan fingerprint density at radius 3 is 2.71 bits per heavy atom. The fourth-order valence-electron chi connectivity index (χ4n) is 1.82. The van der Waals surface area contributed by atoms with Crippen LogP contribution in [0.1, 0.15) is 5.56 Å². The largest absolute Gasteiger partial charge is 0.211 e. The summed E-state index contributed by atoms with van der Waals surface area (Å²) in [7, 11) is 0. The number of hydrogen-bond acceptors (Lipinski definition) is 4. The van der Waals surface area contributed by atoms with E-state index in [1.807, 2.05) is 47.1 Å². The maximum Gasteiger partial charge on any atom is 0.184 e. The fraction of sp³-hybridized carbons (Fsp3) is 0.0667. The quantitative estimate of drug-likeness (QED) is 0.416. The zero-order valence-electron chi connectivity index (χ0n) is 10.9. The lowest BCUT2D eigenvalue weighted by atomic mass is 10.2. The molecule has 21 heavy (non-hydrogen) atoms. The summed E-state index contributed by atoms with van der Waals surface area (Å²) < 4.78 is 4.69. The van der Waals surface area contributed by atoms with E-state index in [2.05, 4.69) is 33.2 Å². The highest BCUT2D eigenvalue weighted by atomic mass is 79.9. The minimum atomic E-state index is 0.776. The van der Waals surface area contributed by atoms with Gasteiger partial charge in [0.25, 0.3) is 0 Å². The number of halogens is 1. The van der Waals surface area contributed by atoms with Crippen molar-refractivity contribution in [2.45, 2.75) is 10.1 Å². The van der Waals surface area contributed by atoms with E-state index < -0.39 is 0 Å². The first kappa shape index (κ1) is 15.0. The predicted octanol–water partition coefficient (Wildman–Crippen LogP) is 5.72. The Kier molecular flexibility index (Phi) is 4.90. The van der Waals surface area contributed by atoms with Crippen molar-refractivity contribution in [3.8, 4) is 5.69 Å². The van der Waals surface area contributed by atoms with Gasteiger partial charge < -0.3 is 0 Å². The lowest BCUT2D eigenvalue weighted by molar-refractivity contribution is 0.829. The molecule has 0 aliphatic heterocycles. The van der Waals surface area contributed by atoms with Crippen molar-refractivity contribution in [3.05, 3.63) is 68.6 Å². The third-order valence-electron chi connectivity index (χ3n) is 2.78. The molecule has 3 aromatic rings. The summed E-state index contributed by atoms with van der Waals surface area (Å²) in [6.07, 6.45) is 0. The van der Waals surface area contributed by atoms with Crippen LogP contribution in [0.3, 0.4) is 0 Å². The summed E-state index contributed by atoms with van der Waals surface area (Å²) >= 11 is 12.2. The standard InChI is InChI=1S/C15H11BrN2S3/c16-12-6-4-5-11(9-12)10-20-14-17-18(15(19)21-14)13-7-2-1-3-8-13/h1-9H,10H2. The number of rotatable bonds is 4. The molecule has 0 bridgehead atoms. The number of aromatic nitrogens is 2. The van der Waals surface area contributed by atoms with E-state index in [4.69, 9.17) is 12.2 Å². The van der Waals surface area contributed by atoms with E-state index >= 15 is 0 Å². The average molecular weight is 395 g/mol. The first-order chi connectivity index (χ1) is 10.2. The van der Waals surface area contributed by atoms with E-state index in [1.165, 1.54) is 5.56 Å². The van der Waals surface area contributed by atoms with Crippen molar-refractivity contribution in [2.24, 2.45) is 0 Å². The fourth-order valence-corrected chi connectivity index (χ4v) is 4.57. The third kappa shape index (κ3) is 3.83. The molecule has 106 valence electrons. The summed E-state index contributed by atoms with van der Waals surface area (Å²) in [5.41, 5.74) is 2.27. The molecule has 2 nitrogen and oxygen atoms in total. The minimum absolute atomic E-state index is 0.776. The summed E-state index contributed by atoms with van der Waals surface area (Å²) in [6.45, 7) is 0. The first-order valence-electron chi connectivity index (χ1n) is 6.25. The SMILES string of the molecule is S=c1sc(SCc2cccc(Br)c2)nn1-c1ccccc1. The maximum atomic E-state index is 5.40. The lowest BCUT2D eigenvalue weighted by Crippen LogP contribution is -1.95. The van der Waals surface area contributed by atoms with Crippen LogP contribution in [-0.2, 0) is 5.75 Å². The van der Waals surface area contributed by atoms with Gasteiger partial charge in [0.15, 0.2) is 8.29 Å². The van der Waals surface area contributed by atoms with Crippen molar-refractivity contribution in [1.82, 2.24) is 9.78 Å². The third-order valence-corrected chi connectivity index (χ3v) is 5.71. The molecule has 0 spiro atoms. The summed E-state index contributed by atoms with van der Waals surface area (Å²) in [5.74, 6) is 0.885. The number of hydrogen-bond donors (Lipinski definition) is 0. The lowest BCUT2D eigenvalue weighted by Gasteiger charge is -2.00. The molecule has 0 unspecified atom stereocenters. The van der Waals surface area contributed by atoms with Crippen molar-refractivity contribution < 1.29 is 0 Å². The van der Waals surface area contributed by atoms with Crippen LogP contribution in [0.2, 0.25) is 0 Å². The molecule has 0 radical (unpaired) electrons. The number of para-hydroxylation sites is 1. The average Bonchev–Trinajstić information content (AvgIpc) is 2.87. The Balaban J connectivity index is 1.77. The van der Waals surface area contributed by atoms with Crippen LogP contribution in [0.4, 0.5) is 0 Å². The second-order valence-electron chi connectivity index (χ2n) is 4.30. The van der Waals surface area contributed by atoms with Crippen LogP contribution in [0, 0.1) is 3.95 Å². The molecule has 6 heteroatoms. The normalized spacial score (nSPS) is 10.7. The van der Waals surface area contributed by atoms with Gasteiger partial charge in [-0.3, -0.25) is 0 Å². The van der Waals surface area contributed by atoms with Crippen LogP contribution >= 0.6 is 51.2 Å². The molecule has 1 aromatic heterocycles. The summed E-state index contributed by atoms with van der Waals surface area (Å²) in [4.78, 5) is 0. The number of benzene rings is 2. The highest BCUT2D eigenvalue weighted by molar-refractivity contribution is 9.10. The Morgan fingerprint density at radius 1 is 1.14 bits per heavy atom. The Morgan fingerprint density at radius 2 is 1.95 bits per heavy atom. The maximum absolute atomic E-state index is 5.40. The molecule has 3 rings (SSSR count). The topological polar surface area (TPSA) is 17.8 Å². The molecular weight excluding hydrogens is 384 g/mol. The van der Waals surface area contributed by atoms with E-state index in [9.17, 15) is 0 Å². The van der Waals surface area contributed by atoms with Gasteiger partial charge in [-0.2, -0.15) is 0 Å². The Hall–Kier alpha value is -0.950. The molecule has 1 heterocycles. The second-order valence-corrected chi connectivity index (χ2v) is 8.06. The highest BCUT2D eigenvalue weighted by Gasteiger charge is 2.06. The van der Waals surface area contributed by atoms with E-state index in [1.54, 1.807) is 23.1 Å². The van der Waals surface area contributed by atoms with Crippen molar-refractivity contribution in [2.75, 3.05) is 0 Å². The number of nitrogens with zero attached hydrogens (tertiary/aromatic N) is 2. The minimum Gasteiger partial charge on any atom is -0.211 e. The second kappa shape index (κ2) is 6.87. The van der Waals surface area contributed by atoms with E-state index in [0.717, 1.165) is 24.2 Å². The van der Waals surface area contributed by atoms with Crippen LogP contribution < -0.4 is 0 Å². The summed E-state index contributed by atoms with van der Waals surface area (Å²) in [6, 6.07) is 18.3. The first-order valence-corrected chi connectivity index (χ1v) is 9.25. The van der Waals surface area contributed by atoms with Crippen LogP contribution in [0.5, 0.6) is 0 Å². The smallest absolute Gasteiger partial charge is 0.184 e. The van der Waals surface area contributed by atoms with Crippen LogP contribution in [-0.4, -0.2) is 9.78 Å². The number of thioether (sulfide) groups is 1. The molecule has 0 aliphatic carbocycles. The van der Waals surface area contributed by atoms with Crippen LogP contribution in [0.15, 0.2) is 63.4 Å². The molecule has 0 saturated carbocycles. The van der Waals surface area contributed by atoms with Crippen molar-refractivity contribution in [1.29, 1.82) is 0 Å². The van der Waals surface area contributed by atoms with Gasteiger partial charge in [0, 0.05) is 10.2 Å². The van der Waals surface area contributed by atoms with Gasteiger partial charge in [-0.05, 0) is 42.0 Å². The zero-order valence-corrected chi connectivity index (χ0v) is 14.9. The highest BCUT2D eigenvalue weighted by Crippen LogP contribution is 2.27. The molecule has 0 saturated heterocycles. The monoisotopic (exact) mass is 394 g/mol. The Labute approximate surface area is 145 Å². The van der Waals surface area contributed by atoms with Gasteiger partial charge >= 0.3 is 0 Å². The molecule has 0 amide bonds. The van der Waals surface area contributed by atoms with E-state index in [-0.39, 0.29) is 0 Å². The molecular formula is C15H11BrN2S3. The molecule has 0 aliphatic rings. The zero-order chi connectivity index (χ0) is 14.7. The van der Waals surface area contributed by atoms with Crippen molar-refractivity contribution in [3.63, 3.8) is 0 Å². The molecule has 2 aromatic carbocycles. The molecule has 0 atom stereocenters.